The molecule has 7 aromatic rings. The van der Waals surface area contributed by atoms with E-state index < -0.39 is 0 Å². The zero-order valence-corrected chi connectivity index (χ0v) is 50.1. The van der Waals surface area contributed by atoms with E-state index in [4.69, 9.17) is 68.3 Å². The molecule has 9 rings (SSSR count). The number of unbranched alkanes of at least 4 members (excludes halogenated alkanes) is 6. The Labute approximate surface area is 467 Å². The zero-order valence-electron chi connectivity index (χ0n) is 42.8. The van der Waals surface area contributed by atoms with Gasteiger partial charge in [0.05, 0.1) is 62.9 Å². The number of fused-ring (bicyclic) bond motifs is 20. The van der Waals surface area contributed by atoms with Crippen molar-refractivity contribution >= 4 is 89.3 Å². The van der Waals surface area contributed by atoms with Crippen molar-refractivity contribution < 1.29 is 47.9 Å². The zero-order chi connectivity index (χ0) is 50.1. The molecule has 0 saturated carbocycles. The molecule has 5 heterocycles. The van der Waals surface area contributed by atoms with Gasteiger partial charge >= 0.3 is 19.5 Å². The number of aromatic nitrogens is 8. The average Bonchev–Trinajstić information content (AvgIpc) is 4.09. The van der Waals surface area contributed by atoms with Crippen molar-refractivity contribution in [1.29, 1.82) is 0 Å². The topological polar surface area (TPSA) is 161 Å². The first kappa shape index (κ1) is 54.4. The Kier molecular flexibility index (Phi) is 19.1. The van der Waals surface area contributed by atoms with Crippen molar-refractivity contribution in [2.45, 2.75) is 119 Å². The summed E-state index contributed by atoms with van der Waals surface area (Å²) in [6.07, 6.45) is 11.3. The third-order valence-electron chi connectivity index (χ3n) is 12.5. The fourth-order valence-corrected chi connectivity index (χ4v) is 9.24. The second-order valence-corrected chi connectivity index (χ2v) is 20.4. The molecule has 0 radical (unpaired) electrons. The first-order valence-electron chi connectivity index (χ1n) is 25.8. The molecule has 0 N–H and O–H groups in total. The van der Waals surface area contributed by atoms with Crippen molar-refractivity contribution in [3.05, 3.63) is 55.7 Å². The molecule has 2 aliphatic heterocycles. The molecule has 8 bridgehead atoms. The first-order chi connectivity index (χ1) is 35.2. The van der Waals surface area contributed by atoms with Gasteiger partial charge in [-0.15, -0.1) is 0 Å². The number of benzene rings is 4. The summed E-state index contributed by atoms with van der Waals surface area (Å²) in [5.74, 6) is 5.38. The Morgan fingerprint density at radius 3 is 0.781 bits per heavy atom. The van der Waals surface area contributed by atoms with Crippen molar-refractivity contribution in [3.63, 3.8) is 0 Å². The summed E-state index contributed by atoms with van der Waals surface area (Å²) < 4.78 is 40.9. The van der Waals surface area contributed by atoms with Crippen LogP contribution in [0.2, 0.25) is 0 Å². The van der Waals surface area contributed by atoms with Gasteiger partial charge in [0, 0.05) is 52.0 Å². The standard InChI is InChI=1S/C56H62I2N8O6.Zn/c1-7-13-19-67-43-27-35-37(29-45(43)69-21-15-9-3)53-62-51(35)60-49-33-25-41(57)42(58)26-34(33)50(59-49)61-52-36-28-44(68-20-14-8-2)46(70-22-16-10-4)30-38(36)54(63-52)65-56-40-32-48(72-24-18-12-6)47(71-23-17-11-5)31-39(40)55(64-53)66-56;/h25-32H,7-24H2,1-6H3;/q-2;+2. The van der Waals surface area contributed by atoms with Crippen LogP contribution >= 0.6 is 45.2 Å². The van der Waals surface area contributed by atoms with E-state index in [0.717, 1.165) is 117 Å². The molecule has 0 spiro atoms. The Bertz CT molecular complexity index is 3050. The summed E-state index contributed by atoms with van der Waals surface area (Å²) in [5, 5.41) is 3.09. The van der Waals surface area contributed by atoms with Gasteiger partial charge in [0.2, 0.25) is 0 Å². The van der Waals surface area contributed by atoms with Gasteiger partial charge in [0.1, 0.15) is 0 Å². The van der Waals surface area contributed by atoms with Gasteiger partial charge in [-0.05, 0) is 154 Å². The van der Waals surface area contributed by atoms with Crippen LogP contribution in [-0.2, 0) is 19.5 Å². The summed E-state index contributed by atoms with van der Waals surface area (Å²) in [6.45, 7) is 16.1. The molecule has 2 aliphatic rings. The van der Waals surface area contributed by atoms with Gasteiger partial charge in [-0.3, -0.25) is 0 Å². The monoisotopic (exact) mass is 1260 g/mol. The number of hydrogen-bond donors (Lipinski definition) is 0. The summed E-state index contributed by atoms with van der Waals surface area (Å²) in [4.78, 5) is 42.1. The summed E-state index contributed by atoms with van der Waals surface area (Å²) >= 11 is 4.72. The molecule has 0 saturated heterocycles. The minimum absolute atomic E-state index is 0. The normalized spacial score (nSPS) is 11.6. The van der Waals surface area contributed by atoms with E-state index in [-0.39, 0.29) is 19.5 Å². The third kappa shape index (κ3) is 12.1. The minimum Gasteiger partial charge on any atom is -0.490 e. The molecular weight excluding hydrogens is 1200 g/mol. The van der Waals surface area contributed by atoms with E-state index in [1.807, 2.05) is 36.4 Å². The van der Waals surface area contributed by atoms with Crippen LogP contribution in [0, 0.1) is 7.14 Å². The third-order valence-corrected chi connectivity index (χ3v) is 15.3. The van der Waals surface area contributed by atoms with Gasteiger partial charge in [0.25, 0.3) is 0 Å². The summed E-state index contributed by atoms with van der Waals surface area (Å²) in [6, 6.07) is 16.1. The number of ether oxygens (including phenoxy) is 6. The van der Waals surface area contributed by atoms with Crippen LogP contribution in [0.1, 0.15) is 119 Å². The second-order valence-electron chi connectivity index (χ2n) is 18.0. The molecule has 0 fully saturated rings. The Balaban J connectivity index is 0.00000711. The van der Waals surface area contributed by atoms with Crippen molar-refractivity contribution in [3.8, 4) is 80.0 Å². The van der Waals surface area contributed by atoms with E-state index in [9.17, 15) is 0 Å². The van der Waals surface area contributed by atoms with Gasteiger partial charge in [-0.25, -0.2) is 9.97 Å². The molecule has 0 atom stereocenters. The van der Waals surface area contributed by atoms with E-state index in [2.05, 4.69) is 98.9 Å². The van der Waals surface area contributed by atoms with Crippen molar-refractivity contribution in [1.82, 2.24) is 39.9 Å². The predicted molar refractivity (Wildman–Crippen MR) is 302 cm³/mol. The molecule has 378 valence electrons. The Morgan fingerprint density at radius 2 is 0.548 bits per heavy atom. The molecule has 14 nitrogen and oxygen atoms in total. The quantitative estimate of drug-likeness (QED) is 0.0319. The fraction of sp³-hybridized carbons (Fsp3) is 0.429. The molecule has 0 aliphatic carbocycles. The molecule has 73 heavy (non-hydrogen) atoms. The second kappa shape index (κ2) is 25.6. The smallest absolute Gasteiger partial charge is 0.490 e. The Hall–Kier alpha value is -4.88. The number of halogens is 2. The maximum atomic E-state index is 6.47. The number of hydrogen-bond acceptors (Lipinski definition) is 12. The molecule has 0 amide bonds. The van der Waals surface area contributed by atoms with Crippen LogP contribution in [0.15, 0.2) is 48.5 Å². The van der Waals surface area contributed by atoms with Crippen LogP contribution in [0.3, 0.4) is 0 Å². The van der Waals surface area contributed by atoms with Crippen LogP contribution in [0.4, 0.5) is 0 Å². The molecule has 4 aromatic carbocycles. The minimum atomic E-state index is 0. The van der Waals surface area contributed by atoms with Crippen LogP contribution in [0.25, 0.3) is 89.7 Å². The first-order valence-corrected chi connectivity index (χ1v) is 27.9. The Morgan fingerprint density at radius 1 is 0.329 bits per heavy atom. The maximum Gasteiger partial charge on any atom is 2.00 e. The molecule has 0 unspecified atom stereocenters. The van der Waals surface area contributed by atoms with E-state index in [1.165, 1.54) is 0 Å². The van der Waals surface area contributed by atoms with Gasteiger partial charge in [-0.1, -0.05) is 80.1 Å². The summed E-state index contributed by atoms with van der Waals surface area (Å²) in [5.41, 5.74) is 4.66. The van der Waals surface area contributed by atoms with Gasteiger partial charge < -0.3 is 58.3 Å². The van der Waals surface area contributed by atoms with Crippen LogP contribution < -0.4 is 38.4 Å². The van der Waals surface area contributed by atoms with Gasteiger partial charge in [-0.2, -0.15) is 0 Å². The van der Waals surface area contributed by atoms with Crippen molar-refractivity contribution in [2.24, 2.45) is 0 Å². The van der Waals surface area contributed by atoms with E-state index in [1.54, 1.807) is 0 Å². The van der Waals surface area contributed by atoms with E-state index in [0.29, 0.717) is 131 Å². The van der Waals surface area contributed by atoms with Crippen LogP contribution in [-0.4, -0.2) is 69.5 Å². The molecule has 3 aromatic heterocycles. The fourth-order valence-electron chi connectivity index (χ4n) is 8.31. The van der Waals surface area contributed by atoms with E-state index >= 15 is 0 Å². The van der Waals surface area contributed by atoms with Gasteiger partial charge in [0.15, 0.2) is 34.5 Å². The average molecular weight is 1260 g/mol. The SMILES string of the molecule is CCCCOc1cc2c(cc1OCCCC)-c1nc-2nc2[n-]c(nc3nc(nc4[n-]c(n1)c1cc(OCCCC)c(OCCCC)cc41)-c1cc(OCCCC)c(OCCCC)cc1-3)c1cc(I)c(I)cc21.[Zn+2]. The molecular formula is C56H62I2N8O6Zn. The number of rotatable bonds is 24. The largest absolute Gasteiger partial charge is 2.00 e. The maximum absolute atomic E-state index is 6.47. The predicted octanol–water partition coefficient (Wildman–Crippen LogP) is 14.4. The summed E-state index contributed by atoms with van der Waals surface area (Å²) in [7, 11) is 0. The molecule has 17 heteroatoms. The van der Waals surface area contributed by atoms with Crippen LogP contribution in [0.5, 0.6) is 34.5 Å². The number of nitrogens with zero attached hydrogens (tertiary/aromatic N) is 8. The van der Waals surface area contributed by atoms with Crippen molar-refractivity contribution in [2.75, 3.05) is 39.6 Å².